The summed E-state index contributed by atoms with van der Waals surface area (Å²) in [6.45, 7) is 3.24. The molecular formula is C21H24F4N4O. The number of piperazine rings is 1. The molecule has 4 rings (SSSR count). The first-order valence-corrected chi connectivity index (χ1v) is 10.2. The van der Waals surface area contributed by atoms with Crippen molar-refractivity contribution in [2.75, 3.05) is 26.2 Å². The zero-order valence-electron chi connectivity index (χ0n) is 16.5. The van der Waals surface area contributed by atoms with Crippen LogP contribution in [0.3, 0.4) is 0 Å². The van der Waals surface area contributed by atoms with Gasteiger partial charge in [0.25, 0.3) is 0 Å². The molecule has 0 unspecified atom stereocenters. The number of halogens is 4. The van der Waals surface area contributed by atoms with Crippen molar-refractivity contribution >= 4 is 5.91 Å². The molecule has 2 heterocycles. The normalized spacial score (nSPS) is 18.1. The molecule has 1 aromatic heterocycles. The fourth-order valence-corrected chi connectivity index (χ4v) is 3.87. The summed E-state index contributed by atoms with van der Waals surface area (Å²) < 4.78 is 53.7. The molecule has 1 amide bonds. The highest BCUT2D eigenvalue weighted by Crippen LogP contribution is 2.42. The molecule has 0 radical (unpaired) electrons. The lowest BCUT2D eigenvalue weighted by atomic mass is 10.2. The third kappa shape index (κ3) is 5.00. The summed E-state index contributed by atoms with van der Waals surface area (Å²) in [4.78, 5) is 16.5. The minimum Gasteiger partial charge on any atom is -0.340 e. The lowest BCUT2D eigenvalue weighted by Gasteiger charge is -2.34. The molecule has 9 heteroatoms. The molecule has 1 aliphatic carbocycles. The maximum absolute atomic E-state index is 13.3. The van der Waals surface area contributed by atoms with Crippen LogP contribution in [0.2, 0.25) is 0 Å². The van der Waals surface area contributed by atoms with Gasteiger partial charge in [0.1, 0.15) is 5.82 Å². The number of benzene rings is 1. The molecule has 2 fully saturated rings. The van der Waals surface area contributed by atoms with Crippen LogP contribution in [0.5, 0.6) is 0 Å². The molecule has 2 aliphatic rings. The van der Waals surface area contributed by atoms with E-state index in [9.17, 15) is 22.4 Å². The van der Waals surface area contributed by atoms with E-state index in [0.717, 1.165) is 24.5 Å². The lowest BCUT2D eigenvalue weighted by molar-refractivity contribution is -0.141. The molecule has 2 aromatic rings. The van der Waals surface area contributed by atoms with E-state index in [4.69, 9.17) is 0 Å². The summed E-state index contributed by atoms with van der Waals surface area (Å²) >= 11 is 0. The van der Waals surface area contributed by atoms with Gasteiger partial charge in [-0.2, -0.15) is 18.3 Å². The van der Waals surface area contributed by atoms with E-state index in [1.807, 2.05) is 6.07 Å². The van der Waals surface area contributed by atoms with Crippen LogP contribution in [-0.2, 0) is 24.1 Å². The van der Waals surface area contributed by atoms with Crippen molar-refractivity contribution in [1.29, 1.82) is 0 Å². The van der Waals surface area contributed by atoms with Crippen molar-refractivity contribution in [2.45, 2.75) is 44.4 Å². The number of aryl methyl sites for hydroxylation is 1. The summed E-state index contributed by atoms with van der Waals surface area (Å²) in [5.74, 6) is -0.222. The summed E-state index contributed by atoms with van der Waals surface area (Å²) in [6.07, 6.45) is -2.62. The third-order valence-electron chi connectivity index (χ3n) is 5.65. The average molecular weight is 424 g/mol. The van der Waals surface area contributed by atoms with Crippen LogP contribution in [-0.4, -0.2) is 51.7 Å². The number of aromatic nitrogens is 2. The first-order chi connectivity index (χ1) is 14.3. The van der Waals surface area contributed by atoms with Gasteiger partial charge in [-0.25, -0.2) is 4.39 Å². The topological polar surface area (TPSA) is 41.4 Å². The molecule has 5 nitrogen and oxygen atoms in total. The van der Waals surface area contributed by atoms with E-state index in [1.54, 1.807) is 11.0 Å². The van der Waals surface area contributed by atoms with Crippen LogP contribution >= 0.6 is 0 Å². The number of rotatable bonds is 6. The lowest BCUT2D eigenvalue weighted by Crippen LogP contribution is -2.48. The third-order valence-corrected chi connectivity index (χ3v) is 5.65. The molecule has 0 spiro atoms. The molecule has 1 saturated heterocycles. The van der Waals surface area contributed by atoms with Gasteiger partial charge in [0, 0.05) is 57.3 Å². The maximum atomic E-state index is 13.3. The molecule has 1 aromatic carbocycles. The standard InChI is InChI=1S/C21H24F4N4O/c22-17-3-1-2-15(12-17)14-27-8-10-28(11-9-27)20(30)6-7-29-18(16-4-5-16)13-19(26-29)21(23,24)25/h1-3,12-13,16H,4-11,14H2. The largest absolute Gasteiger partial charge is 0.435 e. The van der Waals surface area contributed by atoms with Crippen LogP contribution in [0, 0.1) is 5.82 Å². The Kier molecular flexibility index (Phi) is 5.81. The van der Waals surface area contributed by atoms with Gasteiger partial charge in [-0.05, 0) is 36.6 Å². The van der Waals surface area contributed by atoms with Crippen LogP contribution < -0.4 is 0 Å². The van der Waals surface area contributed by atoms with Crippen molar-refractivity contribution in [3.63, 3.8) is 0 Å². The van der Waals surface area contributed by atoms with Crippen molar-refractivity contribution < 1.29 is 22.4 Å². The Balaban J connectivity index is 1.29. The monoisotopic (exact) mass is 424 g/mol. The fourth-order valence-electron chi connectivity index (χ4n) is 3.87. The summed E-state index contributed by atoms with van der Waals surface area (Å²) in [6, 6.07) is 7.59. The summed E-state index contributed by atoms with van der Waals surface area (Å²) in [5.41, 5.74) is 0.583. The van der Waals surface area contributed by atoms with Gasteiger partial charge in [-0.3, -0.25) is 14.4 Å². The number of alkyl halides is 3. The van der Waals surface area contributed by atoms with E-state index in [0.29, 0.717) is 38.4 Å². The van der Waals surface area contributed by atoms with Crippen molar-refractivity contribution in [3.05, 3.63) is 53.1 Å². The Morgan fingerprint density at radius 3 is 2.47 bits per heavy atom. The van der Waals surface area contributed by atoms with Crippen molar-refractivity contribution in [2.24, 2.45) is 0 Å². The van der Waals surface area contributed by atoms with E-state index >= 15 is 0 Å². The Hall–Kier alpha value is -2.42. The molecular weight excluding hydrogens is 400 g/mol. The molecule has 0 N–H and O–H groups in total. The second-order valence-corrected chi connectivity index (χ2v) is 7.99. The SMILES string of the molecule is O=C(CCn1nc(C(F)(F)F)cc1C1CC1)N1CCN(Cc2cccc(F)c2)CC1. The number of nitrogens with zero attached hydrogens (tertiary/aromatic N) is 4. The fraction of sp³-hybridized carbons (Fsp3) is 0.524. The van der Waals surface area contributed by atoms with Crippen LogP contribution in [0.4, 0.5) is 17.6 Å². The van der Waals surface area contributed by atoms with Crippen LogP contribution in [0.25, 0.3) is 0 Å². The minimum atomic E-state index is -4.48. The summed E-state index contributed by atoms with van der Waals surface area (Å²) in [5, 5.41) is 3.71. The molecule has 30 heavy (non-hydrogen) atoms. The first kappa shape index (κ1) is 20.8. The van der Waals surface area contributed by atoms with Crippen molar-refractivity contribution in [1.82, 2.24) is 19.6 Å². The van der Waals surface area contributed by atoms with Gasteiger partial charge >= 0.3 is 6.18 Å². The molecule has 1 saturated carbocycles. The number of amides is 1. The smallest absolute Gasteiger partial charge is 0.340 e. The number of hydrogen-bond acceptors (Lipinski definition) is 3. The van der Waals surface area contributed by atoms with Crippen LogP contribution in [0.1, 0.15) is 42.1 Å². The predicted molar refractivity (Wildman–Crippen MR) is 102 cm³/mol. The minimum absolute atomic E-state index is 0.0776. The molecule has 0 atom stereocenters. The zero-order valence-corrected chi connectivity index (χ0v) is 16.5. The Labute approximate surface area is 172 Å². The Morgan fingerprint density at radius 1 is 1.10 bits per heavy atom. The quantitative estimate of drug-likeness (QED) is 0.665. The summed E-state index contributed by atoms with van der Waals surface area (Å²) in [7, 11) is 0. The van der Waals surface area contributed by atoms with Crippen molar-refractivity contribution in [3.8, 4) is 0 Å². The van der Waals surface area contributed by atoms with E-state index < -0.39 is 11.9 Å². The highest BCUT2D eigenvalue weighted by Gasteiger charge is 2.37. The highest BCUT2D eigenvalue weighted by molar-refractivity contribution is 5.76. The average Bonchev–Trinajstić information content (AvgIpc) is 3.44. The zero-order chi connectivity index (χ0) is 21.3. The predicted octanol–water partition coefficient (Wildman–Crippen LogP) is 3.65. The number of carbonyl (C=O) groups excluding carboxylic acids is 1. The van der Waals surface area contributed by atoms with E-state index in [1.165, 1.54) is 16.8 Å². The second-order valence-electron chi connectivity index (χ2n) is 7.99. The van der Waals surface area contributed by atoms with Gasteiger partial charge in [0.15, 0.2) is 5.69 Å². The van der Waals surface area contributed by atoms with Gasteiger partial charge in [-0.1, -0.05) is 12.1 Å². The van der Waals surface area contributed by atoms with E-state index in [-0.39, 0.29) is 30.6 Å². The molecule has 162 valence electrons. The van der Waals surface area contributed by atoms with E-state index in [2.05, 4.69) is 10.00 Å². The van der Waals surface area contributed by atoms with Gasteiger partial charge in [0.05, 0.1) is 0 Å². The molecule has 1 aliphatic heterocycles. The number of hydrogen-bond donors (Lipinski definition) is 0. The molecule has 0 bridgehead atoms. The Morgan fingerprint density at radius 2 is 1.83 bits per heavy atom. The van der Waals surface area contributed by atoms with Crippen LogP contribution in [0.15, 0.2) is 30.3 Å². The van der Waals surface area contributed by atoms with Gasteiger partial charge in [0.2, 0.25) is 5.91 Å². The first-order valence-electron chi connectivity index (χ1n) is 10.2. The Bertz CT molecular complexity index is 899. The van der Waals surface area contributed by atoms with Gasteiger partial charge < -0.3 is 4.90 Å². The number of carbonyl (C=O) groups is 1. The maximum Gasteiger partial charge on any atom is 0.435 e. The van der Waals surface area contributed by atoms with Gasteiger partial charge in [-0.15, -0.1) is 0 Å². The second kappa shape index (κ2) is 8.37. The highest BCUT2D eigenvalue weighted by atomic mass is 19.4.